The van der Waals surface area contributed by atoms with Crippen molar-refractivity contribution in [3.63, 3.8) is 0 Å². The Morgan fingerprint density at radius 2 is 1.64 bits per heavy atom. The van der Waals surface area contributed by atoms with E-state index in [1.807, 2.05) is 17.8 Å². The number of pyridine rings is 1. The molecule has 3 N–H and O–H groups in total. The summed E-state index contributed by atoms with van der Waals surface area (Å²) in [5.74, 6) is -0.00602. The highest BCUT2D eigenvalue weighted by atomic mass is 16.5. The molecule has 2 aliphatic rings. The summed E-state index contributed by atoms with van der Waals surface area (Å²) in [5.41, 5.74) is 13.1. The molecule has 9 heteroatoms. The SMILES string of the molecule is CCn1cc(-c2cnc(N)c(C(=O)N[C@H]3CCC[C@@H]3OCc3ccc(-c4ccc(CN5CCN(C)CC5)cc4)cc3)c2)cn1. The summed E-state index contributed by atoms with van der Waals surface area (Å²) >= 11 is 0. The van der Waals surface area contributed by atoms with Crippen molar-refractivity contribution in [1.82, 2.24) is 29.9 Å². The molecule has 2 aromatic carbocycles. The first-order chi connectivity index (χ1) is 21.4. The van der Waals surface area contributed by atoms with Crippen LogP contribution >= 0.6 is 0 Å². The molecule has 0 bridgehead atoms. The molecule has 0 spiro atoms. The van der Waals surface area contributed by atoms with E-state index in [0.29, 0.717) is 12.2 Å². The minimum atomic E-state index is -0.223. The van der Waals surface area contributed by atoms with Crippen LogP contribution in [0.1, 0.15) is 47.7 Å². The van der Waals surface area contributed by atoms with E-state index in [4.69, 9.17) is 10.5 Å². The van der Waals surface area contributed by atoms with Crippen molar-refractivity contribution in [3.8, 4) is 22.3 Å². The first kappa shape index (κ1) is 30.0. The zero-order valence-electron chi connectivity index (χ0n) is 25.8. The van der Waals surface area contributed by atoms with Crippen molar-refractivity contribution in [2.75, 3.05) is 39.0 Å². The first-order valence-corrected chi connectivity index (χ1v) is 15.7. The topological polar surface area (TPSA) is 102 Å². The molecule has 0 radical (unpaired) electrons. The van der Waals surface area contributed by atoms with Gasteiger partial charge in [-0.1, -0.05) is 48.5 Å². The van der Waals surface area contributed by atoms with Crippen molar-refractivity contribution in [2.24, 2.45) is 0 Å². The third-order valence-electron chi connectivity index (χ3n) is 8.93. The summed E-state index contributed by atoms with van der Waals surface area (Å²) in [4.78, 5) is 22.5. The average molecular weight is 594 g/mol. The Morgan fingerprint density at radius 3 is 2.32 bits per heavy atom. The van der Waals surface area contributed by atoms with Gasteiger partial charge in [0.1, 0.15) is 5.82 Å². The molecule has 6 rings (SSSR count). The predicted octanol–water partition coefficient (Wildman–Crippen LogP) is 4.83. The van der Waals surface area contributed by atoms with E-state index in [1.165, 1.54) is 16.7 Å². The molecule has 1 saturated heterocycles. The van der Waals surface area contributed by atoms with Gasteiger partial charge >= 0.3 is 0 Å². The lowest BCUT2D eigenvalue weighted by atomic mass is 10.0. The van der Waals surface area contributed by atoms with Crippen molar-refractivity contribution in [2.45, 2.75) is 58.0 Å². The number of anilines is 1. The molecule has 230 valence electrons. The van der Waals surface area contributed by atoms with Gasteiger partial charge in [-0.2, -0.15) is 5.10 Å². The van der Waals surface area contributed by atoms with Crippen molar-refractivity contribution in [1.29, 1.82) is 0 Å². The van der Waals surface area contributed by atoms with Gasteiger partial charge in [-0.25, -0.2) is 4.98 Å². The Labute approximate surface area is 260 Å². The number of rotatable bonds is 10. The number of aromatic nitrogens is 3. The van der Waals surface area contributed by atoms with Crippen LogP contribution in [0.2, 0.25) is 0 Å². The van der Waals surface area contributed by atoms with Crippen LogP contribution in [0.15, 0.2) is 73.2 Å². The third-order valence-corrected chi connectivity index (χ3v) is 8.93. The van der Waals surface area contributed by atoms with Crippen LogP contribution in [0.3, 0.4) is 0 Å². The van der Waals surface area contributed by atoms with E-state index < -0.39 is 0 Å². The first-order valence-electron chi connectivity index (χ1n) is 15.7. The molecule has 3 heterocycles. The second kappa shape index (κ2) is 13.7. The second-order valence-electron chi connectivity index (χ2n) is 12.1. The van der Waals surface area contributed by atoms with E-state index in [0.717, 1.165) is 75.2 Å². The minimum Gasteiger partial charge on any atom is -0.383 e. The van der Waals surface area contributed by atoms with Gasteiger partial charge in [0.2, 0.25) is 0 Å². The van der Waals surface area contributed by atoms with Gasteiger partial charge in [-0.15, -0.1) is 0 Å². The van der Waals surface area contributed by atoms with Gasteiger partial charge in [0.25, 0.3) is 5.91 Å². The molecule has 2 aromatic heterocycles. The normalized spacial score (nSPS) is 19.3. The lowest BCUT2D eigenvalue weighted by molar-refractivity contribution is 0.0272. The fourth-order valence-corrected chi connectivity index (χ4v) is 6.10. The molecule has 1 aliphatic heterocycles. The predicted molar refractivity (Wildman–Crippen MR) is 174 cm³/mol. The van der Waals surface area contributed by atoms with E-state index in [2.05, 4.69) is 80.8 Å². The van der Waals surface area contributed by atoms with Gasteiger partial charge in [0.05, 0.1) is 30.5 Å². The molecular weight excluding hydrogens is 550 g/mol. The van der Waals surface area contributed by atoms with Crippen LogP contribution < -0.4 is 11.1 Å². The third kappa shape index (κ3) is 7.18. The molecular formula is C35H43N7O2. The fourth-order valence-electron chi connectivity index (χ4n) is 6.10. The number of carbonyl (C=O) groups is 1. The number of likely N-dealkylation sites (N-methyl/N-ethyl adjacent to an activating group) is 1. The zero-order valence-corrected chi connectivity index (χ0v) is 25.8. The van der Waals surface area contributed by atoms with Crippen molar-refractivity contribution in [3.05, 3.63) is 89.9 Å². The van der Waals surface area contributed by atoms with Crippen LogP contribution in [0.25, 0.3) is 22.3 Å². The summed E-state index contributed by atoms with van der Waals surface area (Å²) < 4.78 is 8.18. The highest BCUT2D eigenvalue weighted by molar-refractivity contribution is 5.99. The summed E-state index contributed by atoms with van der Waals surface area (Å²) in [6.45, 7) is 8.84. The molecule has 9 nitrogen and oxygen atoms in total. The molecule has 1 saturated carbocycles. The Kier molecular flexibility index (Phi) is 9.35. The number of nitrogens with two attached hydrogens (primary N) is 1. The number of nitrogens with one attached hydrogen (secondary N) is 1. The van der Waals surface area contributed by atoms with E-state index in [1.54, 1.807) is 18.5 Å². The number of carbonyl (C=O) groups excluding carboxylic acids is 1. The van der Waals surface area contributed by atoms with Crippen LogP contribution in [0.5, 0.6) is 0 Å². The van der Waals surface area contributed by atoms with Crippen molar-refractivity contribution < 1.29 is 9.53 Å². The molecule has 44 heavy (non-hydrogen) atoms. The second-order valence-corrected chi connectivity index (χ2v) is 12.1. The zero-order chi connectivity index (χ0) is 30.5. The lowest BCUT2D eigenvalue weighted by Gasteiger charge is -2.32. The summed E-state index contributed by atoms with van der Waals surface area (Å²) in [7, 11) is 2.19. The highest BCUT2D eigenvalue weighted by Crippen LogP contribution is 2.27. The van der Waals surface area contributed by atoms with Crippen LogP contribution in [0, 0.1) is 0 Å². The standard InChI is InChI=1S/C35H43N7O2/c1-3-42-23-30(21-38-42)29-19-31(34(36)37-20-29)35(43)39-32-5-4-6-33(32)44-24-26-9-13-28(14-10-26)27-11-7-25(8-12-27)22-41-17-15-40(2)16-18-41/h7-14,19-21,23,32-33H,3-6,15-18,22,24H2,1-2H3,(H2,36,37)(H,39,43)/t32-,33-/m0/s1. The van der Waals surface area contributed by atoms with E-state index in [-0.39, 0.29) is 23.9 Å². The monoisotopic (exact) mass is 593 g/mol. The molecule has 1 amide bonds. The lowest BCUT2D eigenvalue weighted by Crippen LogP contribution is -2.43. The maximum absolute atomic E-state index is 13.3. The molecule has 2 atom stereocenters. The van der Waals surface area contributed by atoms with Gasteiger partial charge < -0.3 is 20.7 Å². The van der Waals surface area contributed by atoms with Crippen LogP contribution in [0.4, 0.5) is 5.82 Å². The van der Waals surface area contributed by atoms with Gasteiger partial charge in [-0.05, 0) is 61.6 Å². The number of amides is 1. The van der Waals surface area contributed by atoms with Gasteiger partial charge in [-0.3, -0.25) is 14.4 Å². The molecule has 2 fully saturated rings. The Hall–Kier alpha value is -4.05. The van der Waals surface area contributed by atoms with Gasteiger partial charge in [0, 0.05) is 62.8 Å². The summed E-state index contributed by atoms with van der Waals surface area (Å²) in [6, 6.07) is 19.3. The van der Waals surface area contributed by atoms with Gasteiger partial charge in [0.15, 0.2) is 0 Å². The van der Waals surface area contributed by atoms with Crippen LogP contribution in [-0.4, -0.2) is 75.8 Å². The fraction of sp³-hybridized carbons (Fsp3) is 0.400. The Bertz CT molecular complexity index is 1540. The molecule has 0 unspecified atom stereocenters. The number of nitrogen functional groups attached to an aromatic ring is 1. The smallest absolute Gasteiger partial charge is 0.255 e. The van der Waals surface area contributed by atoms with E-state index >= 15 is 0 Å². The Balaban J connectivity index is 1.02. The van der Waals surface area contributed by atoms with E-state index in [9.17, 15) is 4.79 Å². The number of hydrogen-bond donors (Lipinski definition) is 2. The molecule has 1 aliphatic carbocycles. The number of piperazine rings is 1. The number of benzene rings is 2. The maximum Gasteiger partial charge on any atom is 0.255 e. The molecule has 4 aromatic rings. The quantitative estimate of drug-likeness (QED) is 0.272. The van der Waals surface area contributed by atoms with Crippen LogP contribution in [-0.2, 0) is 24.4 Å². The summed E-state index contributed by atoms with van der Waals surface area (Å²) in [5, 5.41) is 7.50. The Morgan fingerprint density at radius 1 is 0.932 bits per heavy atom. The largest absolute Gasteiger partial charge is 0.383 e. The summed E-state index contributed by atoms with van der Waals surface area (Å²) in [6.07, 6.45) is 8.13. The highest BCUT2D eigenvalue weighted by Gasteiger charge is 2.30. The number of ether oxygens (including phenoxy) is 1. The minimum absolute atomic E-state index is 0.0494. The number of hydrogen-bond acceptors (Lipinski definition) is 7. The number of aryl methyl sites for hydroxylation is 1. The number of nitrogens with zero attached hydrogens (tertiary/aromatic N) is 5. The van der Waals surface area contributed by atoms with Crippen molar-refractivity contribution >= 4 is 11.7 Å². The maximum atomic E-state index is 13.3. The average Bonchev–Trinajstić information content (AvgIpc) is 3.72.